The number of rotatable bonds is 14. The van der Waals surface area contributed by atoms with E-state index in [4.69, 9.17) is 9.47 Å². The lowest BCUT2D eigenvalue weighted by atomic mass is 9.97. The van der Waals surface area contributed by atoms with Crippen LogP contribution in [0.25, 0.3) is 0 Å². The lowest BCUT2D eigenvalue weighted by Gasteiger charge is -2.35. The van der Waals surface area contributed by atoms with Crippen LogP contribution in [0.3, 0.4) is 0 Å². The first-order valence-electron chi connectivity index (χ1n) is 14.7. The zero-order chi connectivity index (χ0) is 28.0. The van der Waals surface area contributed by atoms with Gasteiger partial charge in [0.2, 0.25) is 0 Å². The summed E-state index contributed by atoms with van der Waals surface area (Å²) in [5.74, 6) is 0. The minimum Gasteiger partial charge on any atom is -0.376 e. The van der Waals surface area contributed by atoms with E-state index in [1.807, 2.05) is 6.07 Å². The summed E-state index contributed by atoms with van der Waals surface area (Å²) in [6.07, 6.45) is 11.9. The maximum Gasteiger partial charge on any atom is 0.0720 e. The van der Waals surface area contributed by atoms with Crippen LogP contribution < -0.4 is 0 Å². The third-order valence-electron chi connectivity index (χ3n) is 7.29. The Kier molecular flexibility index (Phi) is 12.4. The van der Waals surface area contributed by atoms with E-state index in [1.165, 1.54) is 27.8 Å². The molecule has 210 valence electrons. The zero-order valence-electron chi connectivity index (χ0n) is 24.1. The predicted octanol–water partition coefficient (Wildman–Crippen LogP) is 9.83. The van der Waals surface area contributed by atoms with Crippen molar-refractivity contribution in [3.05, 3.63) is 143 Å². The Morgan fingerprint density at radius 1 is 0.850 bits per heavy atom. The first kappa shape index (κ1) is 30.1. The molecule has 1 fully saturated rings. The van der Waals surface area contributed by atoms with Crippen LogP contribution in [0.2, 0.25) is 0 Å². The molecule has 0 amide bonds. The molecule has 3 heteroatoms. The minimum atomic E-state index is 0.207. The first-order chi connectivity index (χ1) is 19.6. The fourth-order valence-corrected chi connectivity index (χ4v) is 6.64. The van der Waals surface area contributed by atoms with Gasteiger partial charge < -0.3 is 9.47 Å². The van der Waals surface area contributed by atoms with Crippen molar-refractivity contribution in [2.24, 2.45) is 0 Å². The van der Waals surface area contributed by atoms with Gasteiger partial charge in [-0.3, -0.25) is 0 Å². The van der Waals surface area contributed by atoms with Gasteiger partial charge in [0, 0.05) is 10.5 Å². The maximum atomic E-state index is 6.51. The number of thioether (sulfide) groups is 1. The van der Waals surface area contributed by atoms with Crippen LogP contribution in [-0.2, 0) is 29.1 Å². The minimum absolute atomic E-state index is 0.207. The average molecular weight is 553 g/mol. The molecular formula is C37H44O2S. The maximum absolute atomic E-state index is 6.51. The molecule has 0 spiro atoms. The van der Waals surface area contributed by atoms with Crippen LogP contribution in [0.4, 0.5) is 0 Å². The van der Waals surface area contributed by atoms with Crippen molar-refractivity contribution in [1.29, 1.82) is 0 Å². The topological polar surface area (TPSA) is 18.5 Å². The van der Waals surface area contributed by atoms with Gasteiger partial charge in [0.05, 0.1) is 25.9 Å². The molecule has 0 bridgehead atoms. The average Bonchev–Trinajstić information content (AvgIpc) is 3.00. The summed E-state index contributed by atoms with van der Waals surface area (Å²) >= 11 is 2.05. The largest absolute Gasteiger partial charge is 0.376 e. The van der Waals surface area contributed by atoms with Crippen LogP contribution >= 0.6 is 11.8 Å². The highest BCUT2D eigenvalue weighted by Crippen LogP contribution is 2.44. The second-order valence-corrected chi connectivity index (χ2v) is 12.1. The molecule has 1 aliphatic rings. The van der Waals surface area contributed by atoms with Gasteiger partial charge in [0.1, 0.15) is 0 Å². The summed E-state index contributed by atoms with van der Waals surface area (Å²) in [5, 5.41) is 0.777. The number of allylic oxidation sites excluding steroid dienone is 5. The molecule has 3 atom stereocenters. The summed E-state index contributed by atoms with van der Waals surface area (Å²) in [5.41, 5.74) is 7.70. The van der Waals surface area contributed by atoms with Crippen LogP contribution in [0.1, 0.15) is 67.0 Å². The number of hydrogen-bond donors (Lipinski definition) is 0. The van der Waals surface area contributed by atoms with E-state index in [0.29, 0.717) is 23.7 Å². The van der Waals surface area contributed by atoms with Crippen LogP contribution in [0.15, 0.2) is 121 Å². The van der Waals surface area contributed by atoms with Gasteiger partial charge in [0.15, 0.2) is 0 Å². The van der Waals surface area contributed by atoms with Gasteiger partial charge in [-0.1, -0.05) is 129 Å². The van der Waals surface area contributed by atoms with Crippen LogP contribution in [-0.4, -0.2) is 18.0 Å². The molecule has 3 aromatic carbocycles. The lowest BCUT2D eigenvalue weighted by molar-refractivity contribution is 0.0180. The molecule has 2 nitrogen and oxygen atoms in total. The third-order valence-corrected chi connectivity index (χ3v) is 8.79. The Morgan fingerprint density at radius 2 is 1.55 bits per heavy atom. The molecule has 3 unspecified atom stereocenters. The van der Waals surface area contributed by atoms with Crippen molar-refractivity contribution >= 4 is 11.8 Å². The summed E-state index contributed by atoms with van der Waals surface area (Å²) in [6, 6.07) is 30.1. The quantitative estimate of drug-likeness (QED) is 0.185. The molecule has 1 aliphatic heterocycles. The predicted molar refractivity (Wildman–Crippen MR) is 172 cm³/mol. The van der Waals surface area contributed by atoms with E-state index < -0.39 is 0 Å². The molecule has 40 heavy (non-hydrogen) atoms. The molecule has 0 aromatic heterocycles. The smallest absolute Gasteiger partial charge is 0.0720 e. The zero-order valence-corrected chi connectivity index (χ0v) is 25.0. The normalized spacial score (nSPS) is 19.6. The Balaban J connectivity index is 1.45. The highest BCUT2D eigenvalue weighted by atomic mass is 32.2. The summed E-state index contributed by atoms with van der Waals surface area (Å²) in [4.78, 5) is 0. The molecule has 0 radical (unpaired) electrons. The van der Waals surface area contributed by atoms with E-state index in [2.05, 4.69) is 129 Å². The van der Waals surface area contributed by atoms with Gasteiger partial charge in [-0.2, -0.15) is 0 Å². The number of benzene rings is 3. The van der Waals surface area contributed by atoms with Gasteiger partial charge >= 0.3 is 0 Å². The Hall–Kier alpha value is -2.85. The van der Waals surface area contributed by atoms with Crippen LogP contribution in [0, 0.1) is 0 Å². The lowest BCUT2D eigenvalue weighted by Crippen LogP contribution is -2.30. The van der Waals surface area contributed by atoms with Crippen molar-refractivity contribution in [2.75, 3.05) is 6.61 Å². The van der Waals surface area contributed by atoms with Gasteiger partial charge in [-0.25, -0.2) is 0 Å². The highest BCUT2D eigenvalue weighted by molar-refractivity contribution is 8.00. The van der Waals surface area contributed by atoms with Crippen molar-refractivity contribution < 1.29 is 9.47 Å². The highest BCUT2D eigenvalue weighted by Gasteiger charge is 2.31. The van der Waals surface area contributed by atoms with Crippen LogP contribution in [0.5, 0.6) is 0 Å². The Labute approximate surface area is 246 Å². The van der Waals surface area contributed by atoms with E-state index in [9.17, 15) is 0 Å². The van der Waals surface area contributed by atoms with Crippen molar-refractivity contribution in [1.82, 2.24) is 0 Å². The summed E-state index contributed by atoms with van der Waals surface area (Å²) in [7, 11) is 0. The molecule has 4 rings (SSSR count). The van der Waals surface area contributed by atoms with E-state index >= 15 is 0 Å². The van der Waals surface area contributed by atoms with E-state index in [1.54, 1.807) is 0 Å². The molecule has 0 N–H and O–H groups in total. The molecular weight excluding hydrogens is 508 g/mol. The van der Waals surface area contributed by atoms with Gasteiger partial charge in [-0.05, 0) is 59.9 Å². The van der Waals surface area contributed by atoms with Gasteiger partial charge in [0.25, 0.3) is 0 Å². The SMILES string of the molecule is C=C(/C=C\C(=C/CC)Cc1cccc(C2CC(OCc3ccccc3)CC(COCc3ccccc3)S2)c1)CC. The number of ether oxygens (including phenoxy) is 2. The Morgan fingerprint density at radius 3 is 2.25 bits per heavy atom. The molecule has 0 aliphatic carbocycles. The van der Waals surface area contributed by atoms with Crippen molar-refractivity contribution in [3.8, 4) is 0 Å². The summed E-state index contributed by atoms with van der Waals surface area (Å²) < 4.78 is 12.7. The fraction of sp³-hybridized carbons (Fsp3) is 0.351. The number of hydrogen-bond acceptors (Lipinski definition) is 3. The molecule has 1 heterocycles. The molecule has 1 saturated heterocycles. The van der Waals surface area contributed by atoms with E-state index in [-0.39, 0.29) is 6.10 Å². The monoisotopic (exact) mass is 552 g/mol. The Bertz CT molecular complexity index is 1230. The van der Waals surface area contributed by atoms with E-state index in [0.717, 1.165) is 44.3 Å². The first-order valence-corrected chi connectivity index (χ1v) is 15.6. The second-order valence-electron chi connectivity index (χ2n) is 10.6. The standard InChI is InChI=1S/C37H44O2S/c1-4-13-30(21-20-29(3)5-2)22-33-18-12-19-34(23-33)37-25-35(39-27-32-16-10-7-11-17-32)24-36(40-37)28-38-26-31-14-8-6-9-15-31/h6-21,23,35-37H,3-5,22,24-28H2,1-2H3/b21-20-,30-13+. The van der Waals surface area contributed by atoms with Crippen molar-refractivity contribution in [3.63, 3.8) is 0 Å². The second kappa shape index (κ2) is 16.4. The molecule has 0 saturated carbocycles. The summed E-state index contributed by atoms with van der Waals surface area (Å²) in [6.45, 7) is 10.5. The van der Waals surface area contributed by atoms with Gasteiger partial charge in [-0.15, -0.1) is 11.8 Å². The molecule has 3 aromatic rings. The van der Waals surface area contributed by atoms with Crippen molar-refractivity contribution in [2.45, 2.75) is 75.8 Å². The fourth-order valence-electron chi connectivity index (χ4n) is 5.04. The third kappa shape index (κ3) is 9.96.